The highest BCUT2D eigenvalue weighted by Crippen LogP contribution is 2.25. The van der Waals surface area contributed by atoms with Crippen molar-refractivity contribution in [1.82, 2.24) is 10.2 Å². The standard InChI is InChI=1S/C23H31FN4O2/c1-5-27-10-12-28(13-11-27)21-8-7-19(14-16(21)2)26-23(29)25-17(3)18-6-9-22(30-4)20(24)15-18/h6-9,14-15,17H,5,10-13H2,1-4H3,(H2,25,26,29). The fourth-order valence-electron chi connectivity index (χ4n) is 3.79. The summed E-state index contributed by atoms with van der Waals surface area (Å²) >= 11 is 0. The Morgan fingerprint density at radius 3 is 2.50 bits per heavy atom. The number of anilines is 2. The van der Waals surface area contributed by atoms with E-state index in [1.807, 2.05) is 19.1 Å². The number of carbonyl (C=O) groups is 1. The summed E-state index contributed by atoms with van der Waals surface area (Å²) in [6.07, 6.45) is 0. The van der Waals surface area contributed by atoms with Crippen molar-refractivity contribution in [3.63, 3.8) is 0 Å². The third-order valence-corrected chi connectivity index (χ3v) is 5.64. The lowest BCUT2D eigenvalue weighted by Gasteiger charge is -2.36. The number of nitrogens with zero attached hydrogens (tertiary/aromatic N) is 2. The zero-order valence-corrected chi connectivity index (χ0v) is 18.2. The van der Waals surface area contributed by atoms with E-state index in [1.54, 1.807) is 12.1 Å². The summed E-state index contributed by atoms with van der Waals surface area (Å²) in [5.41, 5.74) is 3.73. The summed E-state index contributed by atoms with van der Waals surface area (Å²) in [5.74, 6) is -0.267. The Hall–Kier alpha value is -2.80. The van der Waals surface area contributed by atoms with Crippen molar-refractivity contribution in [3.05, 3.63) is 53.3 Å². The van der Waals surface area contributed by atoms with Crippen LogP contribution in [0.1, 0.15) is 31.0 Å². The molecule has 0 saturated carbocycles. The number of halogens is 1. The smallest absolute Gasteiger partial charge is 0.319 e. The fraction of sp³-hybridized carbons (Fsp3) is 0.435. The normalized spacial score (nSPS) is 15.6. The minimum absolute atomic E-state index is 0.182. The number of nitrogens with one attached hydrogen (secondary N) is 2. The van der Waals surface area contributed by atoms with Gasteiger partial charge in [-0.15, -0.1) is 0 Å². The molecule has 1 unspecified atom stereocenters. The van der Waals surface area contributed by atoms with Crippen LogP contribution in [0.15, 0.2) is 36.4 Å². The number of hydrogen-bond donors (Lipinski definition) is 2. The summed E-state index contributed by atoms with van der Waals surface area (Å²) < 4.78 is 18.8. The number of rotatable bonds is 6. The van der Waals surface area contributed by atoms with Crippen molar-refractivity contribution in [1.29, 1.82) is 0 Å². The molecule has 3 rings (SSSR count). The molecule has 2 aromatic carbocycles. The van der Waals surface area contributed by atoms with Crippen LogP contribution >= 0.6 is 0 Å². The molecule has 1 aliphatic heterocycles. The third kappa shape index (κ3) is 5.21. The van der Waals surface area contributed by atoms with Crippen molar-refractivity contribution in [2.75, 3.05) is 50.1 Å². The Morgan fingerprint density at radius 1 is 1.17 bits per heavy atom. The molecule has 1 fully saturated rings. The second-order valence-corrected chi connectivity index (χ2v) is 7.64. The van der Waals surface area contributed by atoms with Crippen LogP contribution in [0, 0.1) is 12.7 Å². The average Bonchev–Trinajstić information content (AvgIpc) is 2.73. The van der Waals surface area contributed by atoms with Crippen molar-refractivity contribution in [2.24, 2.45) is 0 Å². The van der Waals surface area contributed by atoms with E-state index in [9.17, 15) is 9.18 Å². The molecule has 7 heteroatoms. The van der Waals surface area contributed by atoms with Gasteiger partial charge in [0.1, 0.15) is 0 Å². The van der Waals surface area contributed by atoms with Gasteiger partial charge in [-0.1, -0.05) is 13.0 Å². The van der Waals surface area contributed by atoms with E-state index in [0.29, 0.717) is 5.56 Å². The number of aryl methyl sites for hydroxylation is 1. The molecule has 1 atom stereocenters. The highest BCUT2D eigenvalue weighted by molar-refractivity contribution is 5.90. The minimum atomic E-state index is -0.449. The van der Waals surface area contributed by atoms with Gasteiger partial charge in [-0.05, 0) is 61.9 Å². The second kappa shape index (κ2) is 9.80. The van der Waals surface area contributed by atoms with Gasteiger partial charge >= 0.3 is 6.03 Å². The van der Waals surface area contributed by atoms with E-state index < -0.39 is 5.82 Å². The number of carbonyl (C=O) groups excluding carboxylic acids is 1. The first-order valence-electron chi connectivity index (χ1n) is 10.4. The largest absolute Gasteiger partial charge is 0.494 e. The van der Waals surface area contributed by atoms with Crippen molar-refractivity contribution in [3.8, 4) is 5.75 Å². The zero-order valence-electron chi connectivity index (χ0n) is 18.2. The second-order valence-electron chi connectivity index (χ2n) is 7.64. The molecule has 0 bridgehead atoms. The van der Waals surface area contributed by atoms with Crippen LogP contribution < -0.4 is 20.3 Å². The SMILES string of the molecule is CCN1CCN(c2ccc(NC(=O)NC(C)c3ccc(OC)c(F)c3)cc2C)CC1. The Bertz CT molecular complexity index is 882. The lowest BCUT2D eigenvalue weighted by atomic mass is 10.1. The predicted octanol–water partition coefficient (Wildman–Crippen LogP) is 4.17. The van der Waals surface area contributed by atoms with Gasteiger partial charge in [0.15, 0.2) is 11.6 Å². The molecule has 1 aliphatic rings. The Balaban J connectivity index is 1.59. The van der Waals surface area contributed by atoms with Crippen molar-refractivity contribution in [2.45, 2.75) is 26.8 Å². The van der Waals surface area contributed by atoms with Gasteiger partial charge in [0.25, 0.3) is 0 Å². The van der Waals surface area contributed by atoms with Gasteiger partial charge in [0.2, 0.25) is 0 Å². The Kier molecular flexibility index (Phi) is 7.15. The van der Waals surface area contributed by atoms with Crippen molar-refractivity contribution < 1.29 is 13.9 Å². The van der Waals surface area contributed by atoms with E-state index in [-0.39, 0.29) is 17.8 Å². The van der Waals surface area contributed by atoms with Crippen LogP contribution in [-0.2, 0) is 0 Å². The van der Waals surface area contributed by atoms with Gasteiger partial charge in [0, 0.05) is 37.6 Å². The highest BCUT2D eigenvalue weighted by atomic mass is 19.1. The molecule has 0 radical (unpaired) electrons. The van der Waals surface area contributed by atoms with Gasteiger partial charge in [-0.2, -0.15) is 0 Å². The van der Waals surface area contributed by atoms with E-state index in [0.717, 1.165) is 44.0 Å². The quantitative estimate of drug-likeness (QED) is 0.745. The molecule has 2 amide bonds. The molecule has 6 nitrogen and oxygen atoms in total. The molecule has 1 saturated heterocycles. The number of benzene rings is 2. The van der Waals surface area contributed by atoms with Crippen LogP contribution in [0.5, 0.6) is 5.75 Å². The monoisotopic (exact) mass is 414 g/mol. The number of amides is 2. The van der Waals surface area contributed by atoms with Crippen LogP contribution in [0.2, 0.25) is 0 Å². The predicted molar refractivity (Wildman–Crippen MR) is 119 cm³/mol. The minimum Gasteiger partial charge on any atom is -0.494 e. The van der Waals surface area contributed by atoms with Crippen molar-refractivity contribution >= 4 is 17.4 Å². The van der Waals surface area contributed by atoms with Crippen LogP contribution in [-0.4, -0.2) is 50.8 Å². The average molecular weight is 415 g/mol. The highest BCUT2D eigenvalue weighted by Gasteiger charge is 2.18. The molecular formula is C23H31FN4O2. The fourth-order valence-corrected chi connectivity index (χ4v) is 3.79. The zero-order chi connectivity index (χ0) is 21.7. The van der Waals surface area contributed by atoms with Gasteiger partial charge in [0.05, 0.1) is 13.2 Å². The summed E-state index contributed by atoms with van der Waals surface area (Å²) in [7, 11) is 1.42. The summed E-state index contributed by atoms with van der Waals surface area (Å²) in [6, 6.07) is 9.97. The number of methoxy groups -OCH3 is 1. The van der Waals surface area contributed by atoms with E-state index in [4.69, 9.17) is 4.74 Å². The number of urea groups is 1. The molecule has 2 N–H and O–H groups in total. The van der Waals surface area contributed by atoms with Crippen LogP contribution in [0.25, 0.3) is 0 Å². The maximum absolute atomic E-state index is 13.9. The van der Waals surface area contributed by atoms with E-state index >= 15 is 0 Å². The number of likely N-dealkylation sites (N-methyl/N-ethyl adjacent to an activating group) is 1. The first-order chi connectivity index (χ1) is 14.4. The molecular weight excluding hydrogens is 383 g/mol. The van der Waals surface area contributed by atoms with Crippen LogP contribution in [0.3, 0.4) is 0 Å². The molecule has 30 heavy (non-hydrogen) atoms. The lowest BCUT2D eigenvalue weighted by Crippen LogP contribution is -2.46. The number of hydrogen-bond acceptors (Lipinski definition) is 4. The van der Waals surface area contributed by atoms with Gasteiger partial charge in [-0.25, -0.2) is 9.18 Å². The molecule has 162 valence electrons. The first-order valence-corrected chi connectivity index (χ1v) is 10.4. The summed E-state index contributed by atoms with van der Waals surface area (Å²) in [4.78, 5) is 17.3. The maximum atomic E-state index is 13.9. The Morgan fingerprint density at radius 2 is 1.90 bits per heavy atom. The molecule has 0 aliphatic carbocycles. The van der Waals surface area contributed by atoms with Gasteiger partial charge in [-0.3, -0.25) is 0 Å². The van der Waals surface area contributed by atoms with E-state index in [1.165, 1.54) is 18.9 Å². The summed E-state index contributed by atoms with van der Waals surface area (Å²) in [6.45, 7) is 11.3. The Labute approximate surface area is 178 Å². The molecule has 0 aromatic heterocycles. The topological polar surface area (TPSA) is 56.8 Å². The van der Waals surface area contributed by atoms with Gasteiger partial charge < -0.3 is 25.2 Å². The molecule has 1 heterocycles. The number of ether oxygens (including phenoxy) is 1. The summed E-state index contributed by atoms with van der Waals surface area (Å²) in [5, 5.41) is 5.72. The molecule has 2 aromatic rings. The number of piperazine rings is 1. The first kappa shape index (κ1) is 21.9. The third-order valence-electron chi connectivity index (χ3n) is 5.64. The maximum Gasteiger partial charge on any atom is 0.319 e. The lowest BCUT2D eigenvalue weighted by molar-refractivity contribution is 0.249. The van der Waals surface area contributed by atoms with Crippen LogP contribution in [0.4, 0.5) is 20.6 Å². The van der Waals surface area contributed by atoms with E-state index in [2.05, 4.69) is 40.3 Å². The molecule has 0 spiro atoms.